The number of ether oxygens (including phenoxy) is 3. The molecule has 3 rings (SSSR count). The lowest BCUT2D eigenvalue weighted by atomic mass is 10.3. The van der Waals surface area contributed by atoms with Crippen LogP contribution in [0.4, 0.5) is 0 Å². The van der Waals surface area contributed by atoms with Gasteiger partial charge < -0.3 is 14.2 Å². The Labute approximate surface area is 134 Å². The molecule has 0 bridgehead atoms. The molecule has 0 unspecified atom stereocenters. The van der Waals surface area contributed by atoms with E-state index in [2.05, 4.69) is 20.9 Å². The van der Waals surface area contributed by atoms with Crippen LogP contribution in [0.25, 0.3) is 4.96 Å². The summed E-state index contributed by atoms with van der Waals surface area (Å²) < 4.78 is 18.4. The van der Waals surface area contributed by atoms with E-state index in [9.17, 15) is 0 Å². The Hall–Kier alpha value is -1.73. The molecule has 3 aromatic rings. The average molecular weight is 369 g/mol. The third-order valence-corrected chi connectivity index (χ3v) is 4.28. The minimum atomic E-state index is 0.578. The fourth-order valence-electron chi connectivity index (χ4n) is 1.97. The van der Waals surface area contributed by atoms with E-state index < -0.39 is 0 Å². The second kappa shape index (κ2) is 5.95. The Morgan fingerprint density at radius 2 is 1.81 bits per heavy atom. The van der Waals surface area contributed by atoms with Crippen molar-refractivity contribution in [1.29, 1.82) is 0 Å². The summed E-state index contributed by atoms with van der Waals surface area (Å²) in [5.41, 5.74) is 0.966. The fraction of sp³-hybridized carbons (Fsp3) is 0.214. The van der Waals surface area contributed by atoms with Gasteiger partial charge in [0.05, 0.1) is 19.9 Å². The number of thiazole rings is 1. The van der Waals surface area contributed by atoms with E-state index >= 15 is 0 Å². The number of alkyl halides is 1. The van der Waals surface area contributed by atoms with Crippen molar-refractivity contribution in [3.8, 4) is 23.1 Å². The molecular formula is C14H13BrN2O3S. The van der Waals surface area contributed by atoms with Gasteiger partial charge in [0.1, 0.15) is 17.2 Å². The molecule has 0 saturated carbocycles. The smallest absolute Gasteiger partial charge is 0.243 e. The van der Waals surface area contributed by atoms with E-state index in [1.807, 2.05) is 16.0 Å². The molecule has 0 fully saturated rings. The Morgan fingerprint density at radius 3 is 2.43 bits per heavy atom. The van der Waals surface area contributed by atoms with Crippen LogP contribution in [-0.4, -0.2) is 23.6 Å². The first-order valence-corrected chi connectivity index (χ1v) is 8.16. The number of nitrogens with zero attached hydrogens (tertiary/aromatic N) is 2. The monoisotopic (exact) mass is 368 g/mol. The van der Waals surface area contributed by atoms with Crippen molar-refractivity contribution in [3.63, 3.8) is 0 Å². The van der Waals surface area contributed by atoms with E-state index in [4.69, 9.17) is 14.2 Å². The van der Waals surface area contributed by atoms with Crippen molar-refractivity contribution in [2.24, 2.45) is 0 Å². The van der Waals surface area contributed by atoms with Crippen LogP contribution in [0.2, 0.25) is 0 Å². The van der Waals surface area contributed by atoms with Crippen molar-refractivity contribution in [3.05, 3.63) is 35.5 Å². The summed E-state index contributed by atoms with van der Waals surface area (Å²) in [6.07, 6.45) is 1.97. The van der Waals surface area contributed by atoms with Crippen LogP contribution in [0, 0.1) is 0 Å². The van der Waals surface area contributed by atoms with Crippen molar-refractivity contribution in [2.45, 2.75) is 5.33 Å². The highest BCUT2D eigenvalue weighted by molar-refractivity contribution is 9.08. The predicted octanol–water partition coefficient (Wildman–Crippen LogP) is 4.10. The molecule has 0 atom stereocenters. The lowest BCUT2D eigenvalue weighted by molar-refractivity contribution is 0.385. The van der Waals surface area contributed by atoms with Gasteiger partial charge in [0.15, 0.2) is 4.96 Å². The molecule has 2 heterocycles. The number of aromatic nitrogens is 2. The van der Waals surface area contributed by atoms with Crippen molar-refractivity contribution in [2.75, 3.05) is 14.2 Å². The number of imidazole rings is 1. The lowest BCUT2D eigenvalue weighted by Crippen LogP contribution is -1.93. The molecule has 0 radical (unpaired) electrons. The first-order valence-electron chi connectivity index (χ1n) is 6.16. The Kier molecular flexibility index (Phi) is 4.03. The third kappa shape index (κ3) is 2.71. The molecule has 0 amide bonds. The van der Waals surface area contributed by atoms with Crippen molar-refractivity contribution >= 4 is 32.2 Å². The maximum Gasteiger partial charge on any atom is 0.243 e. The van der Waals surface area contributed by atoms with Crippen LogP contribution < -0.4 is 14.2 Å². The van der Waals surface area contributed by atoms with Gasteiger partial charge in [0, 0.05) is 35.1 Å². The van der Waals surface area contributed by atoms with Gasteiger partial charge in [0.25, 0.3) is 0 Å². The number of methoxy groups -OCH3 is 2. The topological polar surface area (TPSA) is 45.0 Å². The number of halogens is 1. The highest BCUT2D eigenvalue weighted by Crippen LogP contribution is 2.33. The van der Waals surface area contributed by atoms with E-state index in [0.29, 0.717) is 28.5 Å². The predicted molar refractivity (Wildman–Crippen MR) is 85.3 cm³/mol. The fourth-order valence-corrected chi connectivity index (χ4v) is 3.20. The number of benzene rings is 1. The Morgan fingerprint density at radius 1 is 1.14 bits per heavy atom. The molecule has 21 heavy (non-hydrogen) atoms. The van der Waals surface area contributed by atoms with Gasteiger partial charge in [-0.2, -0.15) is 4.98 Å². The van der Waals surface area contributed by atoms with E-state index in [-0.39, 0.29) is 0 Å². The summed E-state index contributed by atoms with van der Waals surface area (Å²) >= 11 is 5.04. The van der Waals surface area contributed by atoms with Crippen molar-refractivity contribution < 1.29 is 14.2 Å². The lowest BCUT2D eigenvalue weighted by Gasteiger charge is -2.09. The first-order chi connectivity index (χ1) is 10.2. The molecule has 7 heteroatoms. The van der Waals surface area contributed by atoms with Gasteiger partial charge in [-0.1, -0.05) is 15.9 Å². The molecule has 1 aromatic carbocycles. The molecule has 0 aliphatic rings. The van der Waals surface area contributed by atoms with E-state index in [1.165, 1.54) is 0 Å². The molecule has 0 spiro atoms. The number of rotatable bonds is 5. The van der Waals surface area contributed by atoms with Gasteiger partial charge >= 0.3 is 0 Å². The second-order valence-corrected chi connectivity index (χ2v) is 5.64. The summed E-state index contributed by atoms with van der Waals surface area (Å²) in [5.74, 6) is 2.55. The zero-order chi connectivity index (χ0) is 14.8. The molecule has 5 nitrogen and oxygen atoms in total. The van der Waals surface area contributed by atoms with Crippen molar-refractivity contribution in [1.82, 2.24) is 9.38 Å². The Bertz CT molecular complexity index is 747. The SMILES string of the molecule is COc1cc(OC)cc(Oc2nc3sccn3c2CBr)c1. The molecule has 2 aromatic heterocycles. The van der Waals surface area contributed by atoms with E-state index in [1.54, 1.807) is 43.8 Å². The van der Waals surface area contributed by atoms with Crippen LogP contribution in [0.3, 0.4) is 0 Å². The minimum Gasteiger partial charge on any atom is -0.496 e. The summed E-state index contributed by atoms with van der Waals surface area (Å²) in [5, 5.41) is 2.65. The largest absolute Gasteiger partial charge is 0.496 e. The van der Waals surface area contributed by atoms with Crippen LogP contribution in [-0.2, 0) is 5.33 Å². The summed E-state index contributed by atoms with van der Waals surface area (Å²) in [6.45, 7) is 0. The molecule has 0 aliphatic carbocycles. The van der Waals surface area contributed by atoms with Crippen LogP contribution in [0.1, 0.15) is 5.69 Å². The maximum atomic E-state index is 5.91. The quantitative estimate of drug-likeness (QED) is 0.636. The average Bonchev–Trinajstić information content (AvgIpc) is 3.07. The van der Waals surface area contributed by atoms with Gasteiger partial charge in [-0.15, -0.1) is 11.3 Å². The normalized spacial score (nSPS) is 10.8. The molecule has 110 valence electrons. The van der Waals surface area contributed by atoms with Crippen LogP contribution >= 0.6 is 27.3 Å². The first kappa shape index (κ1) is 14.2. The highest BCUT2D eigenvalue weighted by Gasteiger charge is 2.15. The summed E-state index contributed by atoms with van der Waals surface area (Å²) in [7, 11) is 3.21. The second-order valence-electron chi connectivity index (χ2n) is 4.20. The molecule has 0 aliphatic heterocycles. The van der Waals surface area contributed by atoms with E-state index in [0.717, 1.165) is 10.7 Å². The van der Waals surface area contributed by atoms with Gasteiger partial charge in [-0.05, 0) is 0 Å². The zero-order valence-corrected chi connectivity index (χ0v) is 13.9. The van der Waals surface area contributed by atoms with Gasteiger partial charge in [-0.25, -0.2) is 0 Å². The van der Waals surface area contributed by atoms with Gasteiger partial charge in [-0.3, -0.25) is 4.40 Å². The summed E-state index contributed by atoms with van der Waals surface area (Å²) in [4.78, 5) is 5.39. The highest BCUT2D eigenvalue weighted by atomic mass is 79.9. The number of fused-ring (bicyclic) bond motifs is 1. The Balaban J connectivity index is 1.99. The van der Waals surface area contributed by atoms with Crippen LogP contribution in [0.5, 0.6) is 23.1 Å². The zero-order valence-electron chi connectivity index (χ0n) is 11.5. The number of hydrogen-bond donors (Lipinski definition) is 0. The number of hydrogen-bond acceptors (Lipinski definition) is 5. The van der Waals surface area contributed by atoms with Crippen LogP contribution in [0.15, 0.2) is 29.8 Å². The summed E-state index contributed by atoms with van der Waals surface area (Å²) in [6, 6.07) is 5.39. The van der Waals surface area contributed by atoms with Gasteiger partial charge in [0.2, 0.25) is 5.88 Å². The minimum absolute atomic E-state index is 0.578. The molecule has 0 N–H and O–H groups in total. The standard InChI is InChI=1S/C14H13BrN2O3S/c1-18-9-5-10(19-2)7-11(6-9)20-13-12(8-15)17-3-4-21-14(17)16-13/h3-7H,8H2,1-2H3. The third-order valence-electron chi connectivity index (χ3n) is 2.99. The molecular weight excluding hydrogens is 356 g/mol. The molecule has 0 saturated heterocycles. The maximum absolute atomic E-state index is 5.91.